The highest BCUT2D eigenvalue weighted by molar-refractivity contribution is 9.09. The lowest BCUT2D eigenvalue weighted by Crippen LogP contribution is -2.25. The number of aryl methyl sites for hydroxylation is 1. The van der Waals surface area contributed by atoms with Crippen molar-refractivity contribution >= 4 is 21.8 Å². The molecule has 6 heteroatoms. The van der Waals surface area contributed by atoms with E-state index in [1.54, 1.807) is 24.0 Å². The highest BCUT2D eigenvalue weighted by Crippen LogP contribution is 1.93. The fraction of sp³-hybridized carbons (Fsp3) is 0.600. The van der Waals surface area contributed by atoms with Gasteiger partial charge in [-0.25, -0.2) is 0 Å². The first-order valence-corrected chi connectivity index (χ1v) is 6.27. The lowest BCUT2D eigenvalue weighted by molar-refractivity contribution is 0.0939. The maximum atomic E-state index is 11.5. The summed E-state index contributed by atoms with van der Waals surface area (Å²) < 4.78 is 6.86. The molecule has 0 saturated carbocycles. The molecule has 0 aliphatic heterocycles. The molecule has 0 saturated heterocycles. The number of halogens is 1. The third-order valence-corrected chi connectivity index (χ3v) is 2.24. The summed E-state index contributed by atoms with van der Waals surface area (Å²) in [6.45, 7) is 1.97. The average Bonchev–Trinajstić information content (AvgIpc) is 2.70. The Labute approximate surface area is 103 Å². The molecule has 1 N–H and O–H groups in total. The van der Waals surface area contributed by atoms with E-state index in [-0.39, 0.29) is 5.91 Å². The molecule has 0 aliphatic carbocycles. The summed E-state index contributed by atoms with van der Waals surface area (Å²) in [7, 11) is 1.78. The number of nitrogens with one attached hydrogen (secondary N) is 1. The second kappa shape index (κ2) is 7.40. The Morgan fingerprint density at radius 1 is 1.62 bits per heavy atom. The molecule has 0 bridgehead atoms. The Balaban J connectivity index is 2.11. The summed E-state index contributed by atoms with van der Waals surface area (Å²) in [5.41, 5.74) is 0.448. The van der Waals surface area contributed by atoms with Gasteiger partial charge in [0.05, 0.1) is 6.61 Å². The van der Waals surface area contributed by atoms with E-state index in [4.69, 9.17) is 4.74 Å². The molecule has 1 aromatic rings. The van der Waals surface area contributed by atoms with Gasteiger partial charge in [-0.1, -0.05) is 15.9 Å². The zero-order valence-corrected chi connectivity index (χ0v) is 10.9. The van der Waals surface area contributed by atoms with E-state index < -0.39 is 0 Å². The largest absolute Gasteiger partial charge is 0.381 e. The zero-order valence-electron chi connectivity index (χ0n) is 9.28. The fourth-order valence-electron chi connectivity index (χ4n) is 1.16. The van der Waals surface area contributed by atoms with Gasteiger partial charge >= 0.3 is 0 Å². The number of amides is 1. The smallest absolute Gasteiger partial charge is 0.271 e. The summed E-state index contributed by atoms with van der Waals surface area (Å²) in [5, 5.41) is 7.63. The Morgan fingerprint density at radius 2 is 2.44 bits per heavy atom. The molecule has 0 spiro atoms. The summed E-state index contributed by atoms with van der Waals surface area (Å²) in [6.07, 6.45) is 2.56. The van der Waals surface area contributed by atoms with E-state index in [0.717, 1.165) is 11.8 Å². The number of aromatic nitrogens is 2. The molecule has 1 heterocycles. The van der Waals surface area contributed by atoms with E-state index in [9.17, 15) is 4.79 Å². The molecule has 1 rings (SSSR count). The van der Waals surface area contributed by atoms with Crippen molar-refractivity contribution in [1.29, 1.82) is 0 Å². The molecular formula is C10H16BrN3O2. The standard InChI is InChI=1S/C10H16BrN3O2/c1-14-6-3-9(13-14)10(15)12-5-2-7-16-8-4-11/h3,6H,2,4-5,7-8H2,1H3,(H,12,15). The highest BCUT2D eigenvalue weighted by atomic mass is 79.9. The molecule has 0 fully saturated rings. The molecule has 1 aromatic heterocycles. The third-order valence-electron chi connectivity index (χ3n) is 1.92. The van der Waals surface area contributed by atoms with E-state index >= 15 is 0 Å². The Bertz CT molecular complexity index is 328. The van der Waals surface area contributed by atoms with E-state index in [2.05, 4.69) is 26.3 Å². The van der Waals surface area contributed by atoms with E-state index in [0.29, 0.717) is 25.5 Å². The number of rotatable bonds is 7. The van der Waals surface area contributed by atoms with Crippen LogP contribution in [0.5, 0.6) is 0 Å². The summed E-state index contributed by atoms with van der Waals surface area (Å²) in [6, 6.07) is 1.69. The van der Waals surface area contributed by atoms with Gasteiger partial charge in [0.15, 0.2) is 0 Å². The van der Waals surface area contributed by atoms with Crippen molar-refractivity contribution in [1.82, 2.24) is 15.1 Å². The van der Waals surface area contributed by atoms with Crippen LogP contribution in [-0.2, 0) is 11.8 Å². The first-order chi connectivity index (χ1) is 7.74. The second-order valence-corrected chi connectivity index (χ2v) is 4.08. The van der Waals surface area contributed by atoms with Crippen LogP contribution in [0.1, 0.15) is 16.9 Å². The molecule has 16 heavy (non-hydrogen) atoms. The lowest BCUT2D eigenvalue weighted by Gasteiger charge is -2.03. The monoisotopic (exact) mass is 289 g/mol. The van der Waals surface area contributed by atoms with Gasteiger partial charge in [-0.3, -0.25) is 9.48 Å². The topological polar surface area (TPSA) is 56.2 Å². The van der Waals surface area contributed by atoms with Crippen LogP contribution < -0.4 is 5.32 Å². The van der Waals surface area contributed by atoms with Gasteiger partial charge in [0.2, 0.25) is 0 Å². The van der Waals surface area contributed by atoms with E-state index in [1.165, 1.54) is 0 Å². The number of ether oxygens (including phenoxy) is 1. The number of alkyl halides is 1. The van der Waals surface area contributed by atoms with Crippen molar-refractivity contribution in [2.24, 2.45) is 7.05 Å². The number of carbonyl (C=O) groups is 1. The van der Waals surface area contributed by atoms with Gasteiger partial charge in [-0.2, -0.15) is 5.10 Å². The van der Waals surface area contributed by atoms with Crippen molar-refractivity contribution in [3.8, 4) is 0 Å². The Morgan fingerprint density at radius 3 is 3.06 bits per heavy atom. The minimum absolute atomic E-state index is 0.138. The zero-order chi connectivity index (χ0) is 11.8. The number of hydrogen-bond acceptors (Lipinski definition) is 3. The Hall–Kier alpha value is -0.880. The van der Waals surface area contributed by atoms with Gasteiger partial charge in [0.25, 0.3) is 5.91 Å². The van der Waals surface area contributed by atoms with Crippen molar-refractivity contribution < 1.29 is 9.53 Å². The number of nitrogens with zero attached hydrogens (tertiary/aromatic N) is 2. The minimum atomic E-state index is -0.138. The highest BCUT2D eigenvalue weighted by Gasteiger charge is 2.06. The van der Waals surface area contributed by atoms with Crippen LogP contribution in [0, 0.1) is 0 Å². The molecular weight excluding hydrogens is 274 g/mol. The van der Waals surface area contributed by atoms with Crippen molar-refractivity contribution in [3.63, 3.8) is 0 Å². The van der Waals surface area contributed by atoms with Gasteiger partial charge in [-0.05, 0) is 12.5 Å². The van der Waals surface area contributed by atoms with Gasteiger partial charge < -0.3 is 10.1 Å². The van der Waals surface area contributed by atoms with Crippen LogP contribution in [0.4, 0.5) is 0 Å². The van der Waals surface area contributed by atoms with Crippen LogP contribution in [-0.4, -0.2) is 40.8 Å². The van der Waals surface area contributed by atoms with Crippen molar-refractivity contribution in [2.75, 3.05) is 25.1 Å². The SMILES string of the molecule is Cn1ccc(C(=O)NCCCOCCBr)n1. The first kappa shape index (κ1) is 13.2. The molecule has 5 nitrogen and oxygen atoms in total. The summed E-state index contributed by atoms with van der Waals surface area (Å²) in [5.74, 6) is -0.138. The van der Waals surface area contributed by atoms with E-state index in [1.807, 2.05) is 0 Å². The van der Waals surface area contributed by atoms with Gasteiger partial charge in [-0.15, -0.1) is 0 Å². The number of hydrogen-bond donors (Lipinski definition) is 1. The van der Waals surface area contributed by atoms with Gasteiger partial charge in [0.1, 0.15) is 5.69 Å². The summed E-state index contributed by atoms with van der Waals surface area (Å²) >= 11 is 3.27. The summed E-state index contributed by atoms with van der Waals surface area (Å²) in [4.78, 5) is 11.5. The molecule has 0 unspecified atom stereocenters. The second-order valence-electron chi connectivity index (χ2n) is 3.29. The third kappa shape index (κ3) is 4.76. The lowest BCUT2D eigenvalue weighted by atomic mass is 10.4. The van der Waals surface area contributed by atoms with Crippen LogP contribution in [0.25, 0.3) is 0 Å². The Kier molecular flexibility index (Phi) is 6.10. The maximum Gasteiger partial charge on any atom is 0.271 e. The molecule has 0 aliphatic rings. The maximum absolute atomic E-state index is 11.5. The molecule has 0 atom stereocenters. The normalized spacial score (nSPS) is 10.4. The predicted octanol–water partition coefficient (Wildman–Crippen LogP) is 0.952. The van der Waals surface area contributed by atoms with Crippen LogP contribution in [0.15, 0.2) is 12.3 Å². The molecule has 1 amide bonds. The van der Waals surface area contributed by atoms with Crippen molar-refractivity contribution in [3.05, 3.63) is 18.0 Å². The minimum Gasteiger partial charge on any atom is -0.381 e. The number of carbonyl (C=O) groups excluding carboxylic acids is 1. The quantitative estimate of drug-likeness (QED) is 0.601. The van der Waals surface area contributed by atoms with Crippen LogP contribution >= 0.6 is 15.9 Å². The predicted molar refractivity (Wildman–Crippen MR) is 64.8 cm³/mol. The fourth-order valence-corrected chi connectivity index (χ4v) is 1.39. The van der Waals surface area contributed by atoms with Gasteiger partial charge in [0, 0.05) is 31.7 Å². The van der Waals surface area contributed by atoms with Crippen LogP contribution in [0.3, 0.4) is 0 Å². The average molecular weight is 290 g/mol. The molecule has 0 radical (unpaired) electrons. The molecule has 0 aromatic carbocycles. The molecule has 90 valence electrons. The first-order valence-electron chi connectivity index (χ1n) is 5.15. The van der Waals surface area contributed by atoms with Crippen molar-refractivity contribution in [2.45, 2.75) is 6.42 Å². The van der Waals surface area contributed by atoms with Crippen LogP contribution in [0.2, 0.25) is 0 Å².